The molecule has 0 radical (unpaired) electrons. The van der Waals surface area contributed by atoms with Gasteiger partial charge in [-0.1, -0.05) is 23.5 Å². The van der Waals surface area contributed by atoms with Crippen LogP contribution in [0.25, 0.3) is 0 Å². The van der Waals surface area contributed by atoms with Crippen LogP contribution in [-0.2, 0) is 11.2 Å². The normalized spacial score (nSPS) is 10.4. The summed E-state index contributed by atoms with van der Waals surface area (Å²) in [6, 6.07) is 7.95. The second kappa shape index (κ2) is 7.95. The molecule has 1 amide bonds. The fraction of sp³-hybridized carbons (Fsp3) is 0.357. The molecule has 21 heavy (non-hydrogen) atoms. The van der Waals surface area contributed by atoms with Crippen molar-refractivity contribution < 1.29 is 9.53 Å². The SMILES string of the molecule is Cc1cccc(OCCCc2nnc(NC(=O)CCl)s2)c1. The van der Waals surface area contributed by atoms with E-state index >= 15 is 0 Å². The van der Waals surface area contributed by atoms with Crippen LogP contribution in [0.15, 0.2) is 24.3 Å². The molecule has 0 aliphatic heterocycles. The Kier molecular flexibility index (Phi) is 5.95. The van der Waals surface area contributed by atoms with Gasteiger partial charge in [-0.2, -0.15) is 0 Å². The number of carbonyl (C=O) groups excluding carboxylic acids is 1. The van der Waals surface area contributed by atoms with Gasteiger partial charge in [0.2, 0.25) is 11.0 Å². The lowest BCUT2D eigenvalue weighted by Crippen LogP contribution is -2.12. The largest absolute Gasteiger partial charge is 0.494 e. The molecular formula is C14H16ClN3O2S. The third kappa shape index (κ3) is 5.32. The number of carbonyl (C=O) groups is 1. The molecule has 0 atom stereocenters. The third-order valence-electron chi connectivity index (χ3n) is 2.63. The topological polar surface area (TPSA) is 64.1 Å². The highest BCUT2D eigenvalue weighted by Crippen LogP contribution is 2.17. The second-order valence-corrected chi connectivity index (χ2v) is 5.78. The van der Waals surface area contributed by atoms with E-state index in [0.717, 1.165) is 23.6 Å². The Morgan fingerprint density at radius 3 is 3.05 bits per heavy atom. The van der Waals surface area contributed by atoms with Gasteiger partial charge in [-0.05, 0) is 31.0 Å². The van der Waals surface area contributed by atoms with Gasteiger partial charge in [0.05, 0.1) is 6.61 Å². The molecule has 2 aromatic rings. The Balaban J connectivity index is 1.72. The van der Waals surface area contributed by atoms with E-state index in [2.05, 4.69) is 15.5 Å². The first-order chi connectivity index (χ1) is 10.2. The summed E-state index contributed by atoms with van der Waals surface area (Å²) in [5.41, 5.74) is 1.18. The van der Waals surface area contributed by atoms with Crippen LogP contribution in [0.5, 0.6) is 5.75 Å². The fourth-order valence-electron chi connectivity index (χ4n) is 1.68. The number of amides is 1. The van der Waals surface area contributed by atoms with E-state index in [4.69, 9.17) is 16.3 Å². The molecule has 0 fully saturated rings. The van der Waals surface area contributed by atoms with Crippen molar-refractivity contribution in [1.82, 2.24) is 10.2 Å². The molecule has 0 aliphatic carbocycles. The molecule has 0 unspecified atom stereocenters. The first-order valence-corrected chi connectivity index (χ1v) is 7.90. The minimum absolute atomic E-state index is 0.0841. The van der Waals surface area contributed by atoms with Crippen LogP contribution in [-0.4, -0.2) is 28.6 Å². The summed E-state index contributed by atoms with van der Waals surface area (Å²) in [6.07, 6.45) is 1.60. The molecule has 1 aromatic heterocycles. The van der Waals surface area contributed by atoms with Crippen LogP contribution >= 0.6 is 22.9 Å². The summed E-state index contributed by atoms with van der Waals surface area (Å²) in [5.74, 6) is 0.517. The highest BCUT2D eigenvalue weighted by atomic mass is 35.5. The molecule has 1 heterocycles. The van der Waals surface area contributed by atoms with Crippen molar-refractivity contribution in [2.75, 3.05) is 17.8 Å². The summed E-state index contributed by atoms with van der Waals surface area (Å²) in [6.45, 7) is 2.65. The van der Waals surface area contributed by atoms with E-state index in [1.54, 1.807) is 0 Å². The zero-order valence-electron chi connectivity index (χ0n) is 11.6. The van der Waals surface area contributed by atoms with E-state index in [1.165, 1.54) is 16.9 Å². The first-order valence-electron chi connectivity index (χ1n) is 6.55. The third-order valence-corrected chi connectivity index (χ3v) is 3.77. The van der Waals surface area contributed by atoms with Crippen molar-refractivity contribution in [2.24, 2.45) is 0 Å². The summed E-state index contributed by atoms with van der Waals surface area (Å²) in [4.78, 5) is 11.1. The van der Waals surface area contributed by atoms with Crippen LogP contribution in [0, 0.1) is 6.92 Å². The number of anilines is 1. The van der Waals surface area contributed by atoms with Gasteiger partial charge in [0, 0.05) is 6.42 Å². The Labute approximate surface area is 132 Å². The maximum Gasteiger partial charge on any atom is 0.241 e. The van der Waals surface area contributed by atoms with Gasteiger partial charge < -0.3 is 4.74 Å². The zero-order chi connectivity index (χ0) is 15.1. The van der Waals surface area contributed by atoms with Crippen molar-refractivity contribution in [1.29, 1.82) is 0 Å². The van der Waals surface area contributed by atoms with E-state index < -0.39 is 0 Å². The summed E-state index contributed by atoms with van der Waals surface area (Å²) < 4.78 is 5.67. The number of nitrogens with one attached hydrogen (secondary N) is 1. The van der Waals surface area contributed by atoms with Crippen molar-refractivity contribution in [3.05, 3.63) is 34.8 Å². The van der Waals surface area contributed by atoms with Gasteiger partial charge in [0.1, 0.15) is 16.6 Å². The molecule has 7 heteroatoms. The van der Waals surface area contributed by atoms with Gasteiger partial charge in [-0.25, -0.2) is 0 Å². The lowest BCUT2D eigenvalue weighted by atomic mass is 10.2. The molecule has 0 bridgehead atoms. The summed E-state index contributed by atoms with van der Waals surface area (Å²) in [7, 11) is 0. The van der Waals surface area contributed by atoms with Crippen molar-refractivity contribution in [3.63, 3.8) is 0 Å². The molecular weight excluding hydrogens is 310 g/mol. The maximum absolute atomic E-state index is 11.1. The number of halogens is 1. The number of aryl methyl sites for hydroxylation is 2. The standard InChI is InChI=1S/C14H16ClN3O2S/c1-10-4-2-5-11(8-10)20-7-3-6-13-17-18-14(21-13)16-12(19)9-15/h2,4-5,8H,3,6-7,9H2,1H3,(H,16,18,19). The number of nitrogens with zero attached hydrogens (tertiary/aromatic N) is 2. The molecule has 0 spiro atoms. The fourth-order valence-corrected chi connectivity index (χ4v) is 2.54. The number of hydrogen-bond donors (Lipinski definition) is 1. The van der Waals surface area contributed by atoms with Crippen LogP contribution in [0.4, 0.5) is 5.13 Å². The van der Waals surface area contributed by atoms with E-state index in [0.29, 0.717) is 11.7 Å². The predicted octanol–water partition coefficient (Wildman–Crippen LogP) is 3.04. The maximum atomic E-state index is 11.1. The number of hydrogen-bond acceptors (Lipinski definition) is 5. The molecule has 1 N–H and O–H groups in total. The van der Waals surface area contributed by atoms with Gasteiger partial charge in [0.15, 0.2) is 0 Å². The minimum atomic E-state index is -0.276. The van der Waals surface area contributed by atoms with Crippen LogP contribution < -0.4 is 10.1 Å². The Bertz CT molecular complexity index is 603. The lowest BCUT2D eigenvalue weighted by Gasteiger charge is -2.05. The van der Waals surface area contributed by atoms with Gasteiger partial charge in [0.25, 0.3) is 0 Å². The monoisotopic (exact) mass is 325 g/mol. The quantitative estimate of drug-likeness (QED) is 0.627. The average molecular weight is 326 g/mol. The van der Waals surface area contributed by atoms with Gasteiger partial charge in [-0.15, -0.1) is 21.8 Å². The van der Waals surface area contributed by atoms with Crippen molar-refractivity contribution in [3.8, 4) is 5.75 Å². The van der Waals surface area contributed by atoms with Gasteiger partial charge in [-0.3, -0.25) is 10.1 Å². The number of aromatic nitrogens is 2. The Morgan fingerprint density at radius 1 is 1.43 bits per heavy atom. The highest BCUT2D eigenvalue weighted by Gasteiger charge is 2.07. The van der Waals surface area contributed by atoms with Crippen molar-refractivity contribution in [2.45, 2.75) is 19.8 Å². The summed E-state index contributed by atoms with van der Waals surface area (Å²) >= 11 is 6.77. The van der Waals surface area contributed by atoms with E-state index in [1.807, 2.05) is 31.2 Å². The van der Waals surface area contributed by atoms with Crippen LogP contribution in [0.1, 0.15) is 17.0 Å². The second-order valence-electron chi connectivity index (χ2n) is 4.45. The first kappa shape index (κ1) is 15.7. The predicted molar refractivity (Wildman–Crippen MR) is 84.3 cm³/mol. The van der Waals surface area contributed by atoms with Crippen LogP contribution in [0.3, 0.4) is 0 Å². The van der Waals surface area contributed by atoms with Crippen LogP contribution in [0.2, 0.25) is 0 Å². The molecule has 2 rings (SSSR count). The Morgan fingerprint density at radius 2 is 2.29 bits per heavy atom. The molecule has 1 aromatic carbocycles. The zero-order valence-corrected chi connectivity index (χ0v) is 13.2. The minimum Gasteiger partial charge on any atom is -0.494 e. The highest BCUT2D eigenvalue weighted by molar-refractivity contribution is 7.15. The number of alkyl halides is 1. The molecule has 5 nitrogen and oxygen atoms in total. The Hall–Kier alpha value is -1.66. The number of benzene rings is 1. The smallest absolute Gasteiger partial charge is 0.241 e. The number of ether oxygens (including phenoxy) is 1. The van der Waals surface area contributed by atoms with Gasteiger partial charge >= 0.3 is 0 Å². The summed E-state index contributed by atoms with van der Waals surface area (Å²) in [5, 5.41) is 11.8. The molecule has 112 valence electrons. The number of rotatable bonds is 7. The van der Waals surface area contributed by atoms with Crippen molar-refractivity contribution >= 4 is 34.0 Å². The average Bonchev–Trinajstić information content (AvgIpc) is 2.91. The molecule has 0 saturated carbocycles. The molecule has 0 saturated heterocycles. The van der Waals surface area contributed by atoms with E-state index in [9.17, 15) is 4.79 Å². The molecule has 0 aliphatic rings. The lowest BCUT2D eigenvalue weighted by molar-refractivity contribution is -0.113. The van der Waals surface area contributed by atoms with E-state index in [-0.39, 0.29) is 11.8 Å².